The van der Waals surface area contributed by atoms with Gasteiger partial charge in [-0.1, -0.05) is 47.5 Å². The molecule has 0 saturated carbocycles. The molecule has 5 nitrogen and oxygen atoms in total. The number of rotatable bonds is 9. The van der Waals surface area contributed by atoms with Gasteiger partial charge in [-0.3, -0.25) is 9.69 Å². The Morgan fingerprint density at radius 2 is 1.59 bits per heavy atom. The van der Waals surface area contributed by atoms with Crippen LogP contribution in [0.2, 0.25) is 10.0 Å². The molecule has 0 radical (unpaired) electrons. The van der Waals surface area contributed by atoms with Crippen LogP contribution in [0, 0.1) is 0 Å². The molecule has 3 aromatic carbocycles. The van der Waals surface area contributed by atoms with Crippen molar-refractivity contribution in [2.75, 3.05) is 46.4 Å². The molecule has 1 aliphatic rings. The van der Waals surface area contributed by atoms with Crippen molar-refractivity contribution in [3.8, 4) is 16.9 Å². The number of piperazine rings is 1. The smallest absolute Gasteiger partial charge is 0.416 e. The molecule has 1 aliphatic heterocycles. The van der Waals surface area contributed by atoms with Gasteiger partial charge in [0, 0.05) is 44.8 Å². The zero-order valence-corrected chi connectivity index (χ0v) is 23.0. The van der Waals surface area contributed by atoms with Crippen LogP contribution in [0.15, 0.2) is 60.7 Å². The predicted molar refractivity (Wildman–Crippen MR) is 148 cm³/mol. The summed E-state index contributed by atoms with van der Waals surface area (Å²) in [5.74, 6) is 0.316. The molecule has 0 aliphatic carbocycles. The fourth-order valence-corrected chi connectivity index (χ4v) is 4.65. The largest absolute Gasteiger partial charge is 0.483 e. The molecule has 1 fully saturated rings. The van der Waals surface area contributed by atoms with E-state index in [9.17, 15) is 18.0 Å². The van der Waals surface area contributed by atoms with Crippen LogP contribution in [0.3, 0.4) is 0 Å². The topological polar surface area (TPSA) is 44.8 Å². The predicted octanol–water partition coefficient (Wildman–Crippen LogP) is 6.16. The van der Waals surface area contributed by atoms with Crippen LogP contribution < -0.4 is 10.1 Å². The summed E-state index contributed by atoms with van der Waals surface area (Å²) in [4.78, 5) is 17.1. The average molecular weight is 580 g/mol. The molecular weight excluding hydrogens is 550 g/mol. The summed E-state index contributed by atoms with van der Waals surface area (Å²) in [6, 6.07) is 16.3. The lowest BCUT2D eigenvalue weighted by molar-refractivity contribution is -0.137. The lowest BCUT2D eigenvalue weighted by Crippen LogP contribution is -2.43. The van der Waals surface area contributed by atoms with Crippen molar-refractivity contribution in [1.82, 2.24) is 15.1 Å². The van der Waals surface area contributed by atoms with Crippen LogP contribution >= 0.6 is 23.2 Å². The first-order valence-electron chi connectivity index (χ1n) is 12.6. The highest BCUT2D eigenvalue weighted by molar-refractivity contribution is 6.42. The highest BCUT2D eigenvalue weighted by Gasteiger charge is 2.29. The van der Waals surface area contributed by atoms with E-state index in [1.54, 1.807) is 6.07 Å². The number of carbonyl (C=O) groups is 1. The van der Waals surface area contributed by atoms with Crippen molar-refractivity contribution in [3.05, 3.63) is 87.4 Å². The van der Waals surface area contributed by atoms with E-state index < -0.39 is 11.7 Å². The first-order valence-corrected chi connectivity index (χ1v) is 13.4. The number of benzene rings is 3. The fraction of sp³-hybridized carbons (Fsp3) is 0.345. The molecule has 1 amide bonds. The molecule has 1 saturated heterocycles. The van der Waals surface area contributed by atoms with Gasteiger partial charge in [-0.2, -0.15) is 13.2 Å². The van der Waals surface area contributed by atoms with E-state index in [0.29, 0.717) is 34.3 Å². The molecule has 0 aromatic heterocycles. The zero-order valence-electron chi connectivity index (χ0n) is 21.5. The Morgan fingerprint density at radius 1 is 0.923 bits per heavy atom. The van der Waals surface area contributed by atoms with Gasteiger partial charge in [-0.15, -0.1) is 0 Å². The molecule has 10 heteroatoms. The molecule has 39 heavy (non-hydrogen) atoms. The Bertz CT molecular complexity index is 1280. The number of nitrogens with one attached hydrogen (secondary N) is 1. The molecule has 4 rings (SSSR count). The van der Waals surface area contributed by atoms with Crippen LogP contribution in [0.25, 0.3) is 11.1 Å². The number of amides is 1. The van der Waals surface area contributed by atoms with Crippen molar-refractivity contribution in [2.45, 2.75) is 19.1 Å². The van der Waals surface area contributed by atoms with Crippen LogP contribution in [-0.4, -0.2) is 62.1 Å². The van der Waals surface area contributed by atoms with Crippen LogP contribution in [0.5, 0.6) is 5.75 Å². The summed E-state index contributed by atoms with van der Waals surface area (Å²) < 4.78 is 44.1. The molecule has 0 spiro atoms. The number of alkyl halides is 3. The van der Waals surface area contributed by atoms with E-state index in [1.165, 1.54) is 12.1 Å². The van der Waals surface area contributed by atoms with Crippen LogP contribution in [0.4, 0.5) is 13.2 Å². The molecular formula is C29H30Cl2F3N3O2. The third kappa shape index (κ3) is 8.35. The maximum Gasteiger partial charge on any atom is 0.416 e. The van der Waals surface area contributed by atoms with Gasteiger partial charge in [0.05, 0.1) is 15.6 Å². The normalized spacial score (nSPS) is 14.8. The molecule has 0 atom stereocenters. The highest BCUT2D eigenvalue weighted by Crippen LogP contribution is 2.32. The van der Waals surface area contributed by atoms with E-state index in [0.717, 1.165) is 55.0 Å². The Labute approximate surface area is 236 Å². The standard InChI is InChI=1S/C29H30Cl2F3N3O2/c1-36-12-14-37(15-13-36)18-23-16-21(22-4-8-25(30)26(31)17-22)5-9-27(23)39-19-28(38)35-11-10-20-2-6-24(7-3-20)29(32,33)34/h2-9,16-17H,10-15,18-19H2,1H3,(H,35,38). The van der Waals surface area contributed by atoms with Gasteiger partial charge in [0.2, 0.25) is 0 Å². The van der Waals surface area contributed by atoms with Crippen molar-refractivity contribution in [2.24, 2.45) is 0 Å². The molecule has 208 valence electrons. The third-order valence-electron chi connectivity index (χ3n) is 6.68. The van der Waals surface area contributed by atoms with Crippen LogP contribution in [-0.2, 0) is 23.9 Å². The summed E-state index contributed by atoms with van der Waals surface area (Å²) in [5, 5.41) is 3.73. The summed E-state index contributed by atoms with van der Waals surface area (Å²) >= 11 is 12.3. The molecule has 0 bridgehead atoms. The fourth-order valence-electron chi connectivity index (χ4n) is 4.35. The monoisotopic (exact) mass is 579 g/mol. The Hall–Kier alpha value is -2.78. The quantitative estimate of drug-likeness (QED) is 0.329. The molecule has 0 unspecified atom stereocenters. The van der Waals surface area contributed by atoms with E-state index in [4.69, 9.17) is 27.9 Å². The highest BCUT2D eigenvalue weighted by atomic mass is 35.5. The number of hydrogen-bond donors (Lipinski definition) is 1. The Kier molecular flexibility index (Phi) is 9.77. The van der Waals surface area contributed by atoms with Gasteiger partial charge in [0.1, 0.15) is 5.75 Å². The van der Waals surface area contributed by atoms with E-state index in [1.807, 2.05) is 24.3 Å². The number of likely N-dealkylation sites (N-methyl/N-ethyl adjacent to an activating group) is 1. The third-order valence-corrected chi connectivity index (χ3v) is 7.42. The molecule has 1 heterocycles. The molecule has 3 aromatic rings. The second kappa shape index (κ2) is 13.0. The number of carbonyl (C=O) groups excluding carboxylic acids is 1. The Morgan fingerprint density at radius 3 is 2.26 bits per heavy atom. The first-order chi connectivity index (χ1) is 18.6. The van der Waals surface area contributed by atoms with Crippen molar-refractivity contribution < 1.29 is 22.7 Å². The zero-order chi connectivity index (χ0) is 28.0. The van der Waals surface area contributed by atoms with Crippen molar-refractivity contribution >= 4 is 29.1 Å². The maximum atomic E-state index is 12.7. The summed E-state index contributed by atoms with van der Waals surface area (Å²) in [6.45, 7) is 4.60. The van der Waals surface area contributed by atoms with Crippen LogP contribution in [0.1, 0.15) is 16.7 Å². The summed E-state index contributed by atoms with van der Waals surface area (Å²) in [6.07, 6.45) is -3.95. The number of ether oxygens (including phenoxy) is 1. The SMILES string of the molecule is CN1CCN(Cc2cc(-c3ccc(Cl)c(Cl)c3)ccc2OCC(=O)NCCc2ccc(C(F)(F)F)cc2)CC1. The van der Waals surface area contributed by atoms with E-state index in [-0.39, 0.29) is 19.1 Å². The van der Waals surface area contributed by atoms with E-state index >= 15 is 0 Å². The number of halogens is 5. The van der Waals surface area contributed by atoms with Gasteiger partial charge >= 0.3 is 6.18 Å². The van der Waals surface area contributed by atoms with Gasteiger partial charge < -0.3 is 15.0 Å². The van der Waals surface area contributed by atoms with Crippen molar-refractivity contribution in [1.29, 1.82) is 0 Å². The Balaban J connectivity index is 1.38. The van der Waals surface area contributed by atoms with E-state index in [2.05, 4.69) is 28.2 Å². The van der Waals surface area contributed by atoms with Gasteiger partial charge in [0.15, 0.2) is 6.61 Å². The van der Waals surface area contributed by atoms with Gasteiger partial charge in [-0.25, -0.2) is 0 Å². The maximum absolute atomic E-state index is 12.7. The lowest BCUT2D eigenvalue weighted by Gasteiger charge is -2.32. The average Bonchev–Trinajstić information content (AvgIpc) is 2.90. The minimum atomic E-state index is -4.37. The second-order valence-corrected chi connectivity index (χ2v) is 10.4. The summed E-state index contributed by atoms with van der Waals surface area (Å²) in [7, 11) is 2.10. The number of nitrogens with zero attached hydrogens (tertiary/aromatic N) is 2. The minimum Gasteiger partial charge on any atom is -0.483 e. The first kappa shape index (κ1) is 29.2. The van der Waals surface area contributed by atoms with Crippen molar-refractivity contribution in [3.63, 3.8) is 0 Å². The van der Waals surface area contributed by atoms with Gasteiger partial charge in [0.25, 0.3) is 5.91 Å². The lowest BCUT2D eigenvalue weighted by atomic mass is 10.0. The number of hydrogen-bond acceptors (Lipinski definition) is 4. The van der Waals surface area contributed by atoms with Gasteiger partial charge in [-0.05, 0) is 66.6 Å². The molecule has 1 N–H and O–H groups in total. The minimum absolute atomic E-state index is 0.172. The second-order valence-electron chi connectivity index (χ2n) is 9.61. The summed E-state index contributed by atoms with van der Waals surface area (Å²) in [5.41, 5.74) is 2.86.